The van der Waals surface area contributed by atoms with E-state index in [4.69, 9.17) is 21.8 Å². The van der Waals surface area contributed by atoms with Crippen LogP contribution in [0.1, 0.15) is 18.4 Å². The number of hydrogen-bond donors (Lipinski definition) is 2. The molecule has 1 rings (SSSR count). The molecule has 3 N–H and O–H groups in total. The smallest absolute Gasteiger partial charge is 0.238 e. The van der Waals surface area contributed by atoms with Gasteiger partial charge in [0.15, 0.2) is 0 Å². The third kappa shape index (κ3) is 3.45. The Morgan fingerprint density at radius 3 is 2.56 bits per heavy atom. The lowest BCUT2D eigenvalue weighted by Crippen LogP contribution is -2.14. The average molecular weight is 264 g/mol. The number of aliphatic hydroxyl groups is 1. The SMILES string of the molecule is NS(=O)(=O)c1cccc(Cl)c1CCCCO. The topological polar surface area (TPSA) is 80.4 Å². The molecule has 16 heavy (non-hydrogen) atoms. The molecule has 0 aliphatic heterocycles. The van der Waals surface area contributed by atoms with Crippen LogP contribution in [0.4, 0.5) is 0 Å². The summed E-state index contributed by atoms with van der Waals surface area (Å²) >= 11 is 5.93. The fourth-order valence-electron chi connectivity index (χ4n) is 1.46. The highest BCUT2D eigenvalue weighted by Crippen LogP contribution is 2.24. The van der Waals surface area contributed by atoms with Crippen molar-refractivity contribution < 1.29 is 13.5 Å². The van der Waals surface area contributed by atoms with E-state index in [1.54, 1.807) is 12.1 Å². The molecule has 0 amide bonds. The summed E-state index contributed by atoms with van der Waals surface area (Å²) in [6.45, 7) is 0.0785. The average Bonchev–Trinajstić information content (AvgIpc) is 2.19. The van der Waals surface area contributed by atoms with E-state index in [-0.39, 0.29) is 11.5 Å². The quantitative estimate of drug-likeness (QED) is 0.786. The third-order valence-corrected chi connectivity index (χ3v) is 3.57. The van der Waals surface area contributed by atoms with Gasteiger partial charge in [-0.25, -0.2) is 13.6 Å². The van der Waals surface area contributed by atoms with Crippen LogP contribution in [-0.2, 0) is 16.4 Å². The maximum Gasteiger partial charge on any atom is 0.238 e. The lowest BCUT2D eigenvalue weighted by atomic mass is 10.1. The van der Waals surface area contributed by atoms with Gasteiger partial charge >= 0.3 is 0 Å². The van der Waals surface area contributed by atoms with Gasteiger partial charge in [-0.15, -0.1) is 0 Å². The minimum Gasteiger partial charge on any atom is -0.396 e. The largest absolute Gasteiger partial charge is 0.396 e. The van der Waals surface area contributed by atoms with Crippen LogP contribution in [0.2, 0.25) is 5.02 Å². The second kappa shape index (κ2) is 5.63. The molecule has 90 valence electrons. The highest BCUT2D eigenvalue weighted by Gasteiger charge is 2.15. The summed E-state index contributed by atoms with van der Waals surface area (Å²) in [7, 11) is -3.74. The lowest BCUT2D eigenvalue weighted by Gasteiger charge is -2.09. The van der Waals surface area contributed by atoms with Gasteiger partial charge in [0, 0.05) is 11.6 Å². The summed E-state index contributed by atoms with van der Waals surface area (Å²) in [5.74, 6) is 0. The van der Waals surface area contributed by atoms with Crippen molar-refractivity contribution in [1.82, 2.24) is 0 Å². The van der Waals surface area contributed by atoms with Crippen molar-refractivity contribution in [2.24, 2.45) is 5.14 Å². The Hall–Kier alpha value is -0.620. The summed E-state index contributed by atoms with van der Waals surface area (Å²) in [6.07, 6.45) is 1.77. The normalized spacial score (nSPS) is 11.7. The maximum absolute atomic E-state index is 11.3. The third-order valence-electron chi connectivity index (χ3n) is 2.22. The van der Waals surface area contributed by atoms with Gasteiger partial charge in [0.1, 0.15) is 0 Å². The number of benzene rings is 1. The molecule has 0 spiro atoms. The zero-order valence-corrected chi connectivity index (χ0v) is 10.3. The molecular weight excluding hydrogens is 250 g/mol. The molecule has 0 heterocycles. The fraction of sp³-hybridized carbons (Fsp3) is 0.400. The van der Waals surface area contributed by atoms with Crippen molar-refractivity contribution in [2.45, 2.75) is 24.2 Å². The molecule has 0 aliphatic carbocycles. The minimum atomic E-state index is -3.74. The van der Waals surface area contributed by atoms with Crippen molar-refractivity contribution >= 4 is 21.6 Å². The number of primary sulfonamides is 1. The Kier molecular flexibility index (Phi) is 4.73. The van der Waals surface area contributed by atoms with Gasteiger partial charge in [-0.2, -0.15) is 0 Å². The Morgan fingerprint density at radius 1 is 1.31 bits per heavy atom. The molecule has 0 saturated carbocycles. The van der Waals surface area contributed by atoms with E-state index in [1.807, 2.05) is 0 Å². The van der Waals surface area contributed by atoms with Crippen LogP contribution in [0.3, 0.4) is 0 Å². The standard InChI is InChI=1S/C10H14ClNO3S/c11-9-5-3-6-10(16(12,14)15)8(9)4-1-2-7-13/h3,5-6,13H,1-2,4,7H2,(H2,12,14,15). The molecule has 0 atom stereocenters. The fourth-order valence-corrected chi connectivity index (χ4v) is 2.61. The molecule has 1 aromatic carbocycles. The van der Waals surface area contributed by atoms with Crippen LogP contribution in [-0.4, -0.2) is 20.1 Å². The zero-order valence-electron chi connectivity index (χ0n) is 8.69. The van der Waals surface area contributed by atoms with Gasteiger partial charge < -0.3 is 5.11 Å². The highest BCUT2D eigenvalue weighted by molar-refractivity contribution is 7.89. The first-order valence-electron chi connectivity index (χ1n) is 4.88. The zero-order chi connectivity index (χ0) is 12.2. The van der Waals surface area contributed by atoms with E-state index in [0.717, 1.165) is 0 Å². The molecule has 0 unspecified atom stereocenters. The van der Waals surface area contributed by atoms with Crippen LogP contribution in [0.15, 0.2) is 23.1 Å². The molecule has 0 aliphatic rings. The molecule has 0 fully saturated rings. The molecule has 1 aromatic rings. The Labute approximate surface area is 100 Å². The first-order valence-corrected chi connectivity index (χ1v) is 6.80. The number of rotatable bonds is 5. The second-order valence-electron chi connectivity index (χ2n) is 3.44. The van der Waals surface area contributed by atoms with Gasteiger partial charge in [-0.3, -0.25) is 0 Å². The Balaban J connectivity index is 3.05. The van der Waals surface area contributed by atoms with E-state index in [0.29, 0.717) is 29.8 Å². The summed E-state index contributed by atoms with van der Waals surface area (Å²) in [5.41, 5.74) is 0.528. The van der Waals surface area contributed by atoms with E-state index in [1.165, 1.54) is 6.07 Å². The number of sulfonamides is 1. The Morgan fingerprint density at radius 2 is 2.00 bits per heavy atom. The molecule has 0 radical (unpaired) electrons. The Bertz CT molecular complexity index is 459. The minimum absolute atomic E-state index is 0.0675. The van der Waals surface area contributed by atoms with Crippen molar-refractivity contribution in [3.63, 3.8) is 0 Å². The monoisotopic (exact) mass is 263 g/mol. The van der Waals surface area contributed by atoms with E-state index >= 15 is 0 Å². The van der Waals surface area contributed by atoms with Crippen molar-refractivity contribution in [1.29, 1.82) is 0 Å². The number of aliphatic hydroxyl groups excluding tert-OH is 1. The molecule has 0 aromatic heterocycles. The summed E-state index contributed by atoms with van der Waals surface area (Å²) in [5, 5.41) is 14.2. The number of halogens is 1. The summed E-state index contributed by atoms with van der Waals surface area (Å²) in [6, 6.07) is 4.62. The lowest BCUT2D eigenvalue weighted by molar-refractivity contribution is 0.284. The molecule has 0 saturated heterocycles. The maximum atomic E-state index is 11.3. The predicted octanol–water partition coefficient (Wildman–Crippen LogP) is 1.30. The number of unbranched alkanes of at least 4 members (excludes halogenated alkanes) is 1. The molecule has 4 nitrogen and oxygen atoms in total. The predicted molar refractivity (Wildman–Crippen MR) is 62.8 cm³/mol. The number of nitrogens with two attached hydrogens (primary N) is 1. The first kappa shape index (κ1) is 13.4. The van der Waals surface area contributed by atoms with Gasteiger partial charge in [0.05, 0.1) is 4.90 Å². The van der Waals surface area contributed by atoms with Crippen molar-refractivity contribution in [3.8, 4) is 0 Å². The van der Waals surface area contributed by atoms with Gasteiger partial charge in [-0.1, -0.05) is 17.7 Å². The molecule has 0 bridgehead atoms. The van der Waals surface area contributed by atoms with Crippen LogP contribution in [0, 0.1) is 0 Å². The van der Waals surface area contributed by atoms with Gasteiger partial charge in [0.25, 0.3) is 0 Å². The van der Waals surface area contributed by atoms with Crippen LogP contribution in [0.5, 0.6) is 0 Å². The second-order valence-corrected chi connectivity index (χ2v) is 5.38. The van der Waals surface area contributed by atoms with Gasteiger partial charge in [0.2, 0.25) is 10.0 Å². The first-order chi connectivity index (χ1) is 7.46. The van der Waals surface area contributed by atoms with E-state index in [2.05, 4.69) is 0 Å². The van der Waals surface area contributed by atoms with Crippen LogP contribution >= 0.6 is 11.6 Å². The van der Waals surface area contributed by atoms with E-state index < -0.39 is 10.0 Å². The van der Waals surface area contributed by atoms with Crippen molar-refractivity contribution in [2.75, 3.05) is 6.61 Å². The summed E-state index contributed by atoms with van der Waals surface area (Å²) < 4.78 is 22.6. The molecule has 6 heteroatoms. The number of hydrogen-bond acceptors (Lipinski definition) is 3. The van der Waals surface area contributed by atoms with Gasteiger partial charge in [-0.05, 0) is 37.0 Å². The van der Waals surface area contributed by atoms with Crippen LogP contribution < -0.4 is 5.14 Å². The summed E-state index contributed by atoms with van der Waals surface area (Å²) in [4.78, 5) is 0.0675. The van der Waals surface area contributed by atoms with E-state index in [9.17, 15) is 8.42 Å². The molecular formula is C10H14ClNO3S. The highest BCUT2D eigenvalue weighted by atomic mass is 35.5. The van der Waals surface area contributed by atoms with Crippen molar-refractivity contribution in [3.05, 3.63) is 28.8 Å². The van der Waals surface area contributed by atoms with Crippen LogP contribution in [0.25, 0.3) is 0 Å².